The van der Waals surface area contributed by atoms with Crippen LogP contribution in [0, 0.1) is 0 Å². The fourth-order valence-corrected chi connectivity index (χ4v) is 4.81. The summed E-state index contributed by atoms with van der Waals surface area (Å²) in [7, 11) is 0. The van der Waals surface area contributed by atoms with Crippen LogP contribution in [0.3, 0.4) is 0 Å². The number of hydrogen-bond acceptors (Lipinski definition) is 5. The third kappa shape index (κ3) is 8.33. The highest BCUT2D eigenvalue weighted by Crippen LogP contribution is 2.27. The van der Waals surface area contributed by atoms with Crippen LogP contribution in [-0.2, 0) is 9.59 Å². The number of carbonyl (C=O) groups excluding carboxylic acids is 3. The summed E-state index contributed by atoms with van der Waals surface area (Å²) >= 11 is 7.19. The molecule has 0 saturated heterocycles. The van der Waals surface area contributed by atoms with Gasteiger partial charge in [0.1, 0.15) is 5.70 Å². The average Bonchev–Trinajstić information content (AvgIpc) is 2.99. The molecule has 0 fully saturated rings. The SMILES string of the molecule is CC(Sc1ccc(NC(=O)/C(=C/c2ccccc2)NC(=O)c2ccccc2)cc1)C(=O)Nc1ccc(Cl)c(C(=O)O)c1. The van der Waals surface area contributed by atoms with E-state index >= 15 is 0 Å². The minimum atomic E-state index is -1.19. The molecule has 0 aromatic heterocycles. The number of hydrogen-bond donors (Lipinski definition) is 4. The summed E-state index contributed by atoms with van der Waals surface area (Å²) in [6.07, 6.45) is 1.60. The van der Waals surface area contributed by atoms with Crippen molar-refractivity contribution in [3.05, 3.63) is 131 Å². The molecule has 0 aliphatic heterocycles. The Bertz CT molecular complexity index is 1630. The molecule has 0 saturated carbocycles. The number of halogens is 1. The Kier molecular flexibility index (Phi) is 10.1. The maximum absolute atomic E-state index is 13.2. The van der Waals surface area contributed by atoms with E-state index in [9.17, 15) is 24.3 Å². The molecule has 0 heterocycles. The van der Waals surface area contributed by atoms with Crippen LogP contribution in [0.1, 0.15) is 33.2 Å². The van der Waals surface area contributed by atoms with Gasteiger partial charge in [0.25, 0.3) is 11.8 Å². The van der Waals surface area contributed by atoms with Gasteiger partial charge in [-0.15, -0.1) is 11.8 Å². The maximum atomic E-state index is 13.2. The van der Waals surface area contributed by atoms with E-state index in [1.807, 2.05) is 30.3 Å². The van der Waals surface area contributed by atoms with Crippen LogP contribution >= 0.6 is 23.4 Å². The average molecular weight is 600 g/mol. The van der Waals surface area contributed by atoms with E-state index in [-0.39, 0.29) is 22.2 Å². The zero-order valence-corrected chi connectivity index (χ0v) is 23.9. The molecule has 0 aliphatic rings. The number of amides is 3. The van der Waals surface area contributed by atoms with Crippen molar-refractivity contribution in [2.75, 3.05) is 10.6 Å². The summed E-state index contributed by atoms with van der Waals surface area (Å²) in [5.41, 5.74) is 1.96. The fourth-order valence-electron chi connectivity index (χ4n) is 3.74. The van der Waals surface area contributed by atoms with Crippen molar-refractivity contribution in [2.45, 2.75) is 17.1 Å². The molecule has 4 aromatic carbocycles. The van der Waals surface area contributed by atoms with Crippen LogP contribution in [0.25, 0.3) is 6.08 Å². The quantitative estimate of drug-likeness (QED) is 0.121. The first-order chi connectivity index (χ1) is 20.2. The Labute approximate surface area is 251 Å². The van der Waals surface area contributed by atoms with Gasteiger partial charge < -0.3 is 21.1 Å². The first-order valence-corrected chi connectivity index (χ1v) is 14.0. The third-order valence-corrected chi connectivity index (χ3v) is 7.34. The molecular formula is C32H26ClN3O5S. The Morgan fingerprint density at radius 3 is 2.07 bits per heavy atom. The summed E-state index contributed by atoms with van der Waals surface area (Å²) in [4.78, 5) is 50.8. The predicted molar refractivity (Wildman–Crippen MR) is 166 cm³/mol. The fraction of sp³-hybridized carbons (Fsp3) is 0.0625. The lowest BCUT2D eigenvalue weighted by Gasteiger charge is -2.14. The first-order valence-electron chi connectivity index (χ1n) is 12.7. The van der Waals surface area contributed by atoms with Gasteiger partial charge in [-0.05, 0) is 73.2 Å². The van der Waals surface area contributed by atoms with E-state index in [1.54, 1.807) is 67.6 Å². The van der Waals surface area contributed by atoms with Gasteiger partial charge in [0.2, 0.25) is 5.91 Å². The summed E-state index contributed by atoms with van der Waals surface area (Å²) in [5, 5.41) is 17.0. The number of thioether (sulfide) groups is 1. The number of rotatable bonds is 10. The number of carboxylic acids is 1. The van der Waals surface area contributed by atoms with E-state index in [0.717, 1.165) is 10.5 Å². The van der Waals surface area contributed by atoms with Crippen molar-refractivity contribution in [1.29, 1.82) is 0 Å². The zero-order valence-electron chi connectivity index (χ0n) is 22.3. The lowest BCUT2D eigenvalue weighted by molar-refractivity contribution is -0.115. The molecule has 1 atom stereocenters. The van der Waals surface area contributed by atoms with Crippen LogP contribution < -0.4 is 16.0 Å². The summed E-state index contributed by atoms with van der Waals surface area (Å²) < 4.78 is 0. The number of benzene rings is 4. The molecule has 42 heavy (non-hydrogen) atoms. The minimum Gasteiger partial charge on any atom is -0.478 e. The summed E-state index contributed by atoms with van der Waals surface area (Å²) in [5.74, 6) is -2.42. The number of nitrogens with one attached hydrogen (secondary N) is 3. The number of carbonyl (C=O) groups is 4. The summed E-state index contributed by atoms with van der Waals surface area (Å²) in [6, 6.07) is 28.9. The molecule has 4 N–H and O–H groups in total. The number of carboxylic acid groups (broad SMARTS) is 1. The van der Waals surface area contributed by atoms with E-state index in [1.165, 1.54) is 30.0 Å². The third-order valence-electron chi connectivity index (χ3n) is 5.90. The molecule has 10 heteroatoms. The van der Waals surface area contributed by atoms with Crippen LogP contribution in [0.15, 0.2) is 114 Å². The van der Waals surface area contributed by atoms with Crippen molar-refractivity contribution in [3.63, 3.8) is 0 Å². The van der Waals surface area contributed by atoms with Gasteiger partial charge in [-0.25, -0.2) is 4.79 Å². The van der Waals surface area contributed by atoms with Crippen molar-refractivity contribution in [2.24, 2.45) is 0 Å². The molecule has 4 rings (SSSR count). The molecule has 3 amide bonds. The second-order valence-corrected chi connectivity index (χ2v) is 10.8. The molecule has 0 radical (unpaired) electrons. The first kappa shape index (κ1) is 30.1. The standard InChI is InChI=1S/C32H26ClN3O5S/c1-20(29(37)35-24-14-17-27(33)26(19-24)32(40)41)42-25-15-12-23(13-16-25)34-31(39)28(18-21-8-4-2-5-9-21)36-30(38)22-10-6-3-7-11-22/h2-20H,1H3,(H,34,39)(H,35,37)(H,36,38)(H,40,41)/b28-18-. The Morgan fingerprint density at radius 2 is 1.43 bits per heavy atom. The van der Waals surface area contributed by atoms with Gasteiger partial charge in [-0.3, -0.25) is 14.4 Å². The molecule has 0 spiro atoms. The van der Waals surface area contributed by atoms with E-state index in [0.29, 0.717) is 16.9 Å². The largest absolute Gasteiger partial charge is 0.478 e. The summed E-state index contributed by atoms with van der Waals surface area (Å²) in [6.45, 7) is 1.72. The Morgan fingerprint density at radius 1 is 0.810 bits per heavy atom. The Balaban J connectivity index is 1.40. The zero-order chi connectivity index (χ0) is 30.1. The molecule has 8 nitrogen and oxygen atoms in total. The van der Waals surface area contributed by atoms with Gasteiger partial charge in [0.05, 0.1) is 15.8 Å². The predicted octanol–water partition coefficient (Wildman–Crippen LogP) is 6.57. The Hall–Kier alpha value is -4.86. The van der Waals surface area contributed by atoms with E-state index in [2.05, 4.69) is 16.0 Å². The smallest absolute Gasteiger partial charge is 0.337 e. The van der Waals surface area contributed by atoms with Crippen LogP contribution in [0.2, 0.25) is 5.02 Å². The highest BCUT2D eigenvalue weighted by Gasteiger charge is 2.18. The topological polar surface area (TPSA) is 125 Å². The molecule has 212 valence electrons. The second-order valence-electron chi connectivity index (χ2n) is 9.02. The van der Waals surface area contributed by atoms with Crippen LogP contribution in [-0.4, -0.2) is 34.0 Å². The highest BCUT2D eigenvalue weighted by molar-refractivity contribution is 8.00. The van der Waals surface area contributed by atoms with Gasteiger partial charge >= 0.3 is 5.97 Å². The number of anilines is 2. The van der Waals surface area contributed by atoms with Gasteiger partial charge in [0.15, 0.2) is 0 Å². The van der Waals surface area contributed by atoms with Crippen molar-refractivity contribution in [1.82, 2.24) is 5.32 Å². The van der Waals surface area contributed by atoms with Gasteiger partial charge in [-0.2, -0.15) is 0 Å². The van der Waals surface area contributed by atoms with Crippen molar-refractivity contribution < 1.29 is 24.3 Å². The van der Waals surface area contributed by atoms with E-state index < -0.39 is 23.0 Å². The highest BCUT2D eigenvalue weighted by atomic mass is 35.5. The van der Waals surface area contributed by atoms with Gasteiger partial charge in [0, 0.05) is 21.8 Å². The lowest BCUT2D eigenvalue weighted by atomic mass is 10.1. The van der Waals surface area contributed by atoms with Crippen molar-refractivity contribution in [3.8, 4) is 0 Å². The monoisotopic (exact) mass is 599 g/mol. The molecule has 0 aliphatic carbocycles. The van der Waals surface area contributed by atoms with E-state index in [4.69, 9.17) is 11.6 Å². The van der Waals surface area contributed by atoms with Crippen LogP contribution in [0.4, 0.5) is 11.4 Å². The molecule has 4 aromatic rings. The molecule has 0 bridgehead atoms. The van der Waals surface area contributed by atoms with Crippen molar-refractivity contribution >= 4 is 64.5 Å². The van der Waals surface area contributed by atoms with Crippen LogP contribution in [0.5, 0.6) is 0 Å². The second kappa shape index (κ2) is 14.2. The molecular weight excluding hydrogens is 574 g/mol. The molecule has 1 unspecified atom stereocenters. The minimum absolute atomic E-state index is 0.0760. The maximum Gasteiger partial charge on any atom is 0.337 e. The number of aromatic carboxylic acids is 1. The van der Waals surface area contributed by atoms with Gasteiger partial charge in [-0.1, -0.05) is 60.1 Å². The normalized spacial score (nSPS) is 11.7. The lowest BCUT2D eigenvalue weighted by Crippen LogP contribution is -2.30.